The quantitative estimate of drug-likeness (QED) is 0.135. The molecule has 2 heteroatoms. The zero-order chi connectivity index (χ0) is 46.3. The third-order valence-electron chi connectivity index (χ3n) is 14.0. The molecule has 328 valence electrons. The van der Waals surface area contributed by atoms with E-state index in [9.17, 15) is 0 Å². The van der Waals surface area contributed by atoms with Crippen LogP contribution in [0.25, 0.3) is 66.4 Å². The summed E-state index contributed by atoms with van der Waals surface area (Å²) in [7, 11) is 0. The van der Waals surface area contributed by atoms with E-state index in [-0.39, 0.29) is 5.41 Å². The molecule has 11 aromatic rings. The summed E-state index contributed by atoms with van der Waals surface area (Å²) in [5.41, 5.74) is 21.0. The van der Waals surface area contributed by atoms with E-state index in [4.69, 9.17) is 0 Å². The monoisotopic (exact) mass is 882 g/mol. The molecule has 0 saturated carbocycles. The predicted molar refractivity (Wildman–Crippen MR) is 293 cm³/mol. The molecule has 0 aromatic heterocycles. The summed E-state index contributed by atoms with van der Waals surface area (Å²) < 4.78 is 0. The summed E-state index contributed by atoms with van der Waals surface area (Å²) in [6, 6.07) is 97.6. The molecule has 0 fully saturated rings. The first-order valence-electron chi connectivity index (χ1n) is 23.9. The molecule has 0 N–H and O–H groups in total. The van der Waals surface area contributed by atoms with Gasteiger partial charge in [-0.2, -0.15) is 0 Å². The standard InChI is InChI=1S/C67H50N2/c1-67(2)63-37-21-36-61(50-27-12-5-13-28-50)66(63)62-41-40-56(46-64(62)67)69(54-32-16-7-17-33-54)58-44-52(65-59(48-23-8-3-9-24-48)34-20-35-60(65)49-25-10-4-11-26-49)43-57(45-58)68(53-30-14-6-15-31-53)55-39-38-47-22-18-19-29-51(47)42-55/h3-46H,1-2H3. The third kappa shape index (κ3) is 7.57. The Kier molecular flexibility index (Phi) is 10.6. The van der Waals surface area contributed by atoms with Crippen LogP contribution in [0.3, 0.4) is 0 Å². The Hall–Kier alpha value is -8.72. The summed E-state index contributed by atoms with van der Waals surface area (Å²) in [6.07, 6.45) is 0. The molecule has 0 spiro atoms. The molecule has 69 heavy (non-hydrogen) atoms. The van der Waals surface area contributed by atoms with Crippen LogP contribution in [-0.2, 0) is 5.41 Å². The molecular formula is C67H50N2. The fraction of sp³-hybridized carbons (Fsp3) is 0.0448. The minimum atomic E-state index is -0.236. The van der Waals surface area contributed by atoms with Gasteiger partial charge in [0, 0.05) is 39.5 Å². The van der Waals surface area contributed by atoms with E-state index in [1.165, 1.54) is 72.0 Å². The number of anilines is 6. The average Bonchev–Trinajstić information content (AvgIpc) is 3.65. The average molecular weight is 883 g/mol. The number of nitrogens with zero attached hydrogens (tertiary/aromatic N) is 2. The van der Waals surface area contributed by atoms with E-state index in [1.807, 2.05) is 0 Å². The lowest BCUT2D eigenvalue weighted by molar-refractivity contribution is 0.660. The van der Waals surface area contributed by atoms with E-state index >= 15 is 0 Å². The first-order valence-corrected chi connectivity index (χ1v) is 23.9. The van der Waals surface area contributed by atoms with Crippen molar-refractivity contribution in [1.29, 1.82) is 0 Å². The SMILES string of the molecule is CC1(C)c2cc(N(c3ccccc3)c3cc(-c4c(-c5ccccc5)cccc4-c4ccccc4)cc(N(c4ccccc4)c4ccc5ccccc5c4)c3)ccc2-c2c(-c3ccccc3)cccc21. The fourth-order valence-electron chi connectivity index (χ4n) is 10.7. The van der Waals surface area contributed by atoms with Gasteiger partial charge in [0.1, 0.15) is 0 Å². The first-order chi connectivity index (χ1) is 34.0. The van der Waals surface area contributed by atoms with Gasteiger partial charge >= 0.3 is 0 Å². The maximum atomic E-state index is 2.46. The summed E-state index contributed by atoms with van der Waals surface area (Å²) >= 11 is 0. The van der Waals surface area contributed by atoms with Gasteiger partial charge in [-0.25, -0.2) is 0 Å². The molecule has 0 atom stereocenters. The lowest BCUT2D eigenvalue weighted by Gasteiger charge is -2.31. The lowest BCUT2D eigenvalue weighted by atomic mass is 9.81. The van der Waals surface area contributed by atoms with Crippen LogP contribution in [0.2, 0.25) is 0 Å². The maximum Gasteiger partial charge on any atom is 0.0488 e. The Balaban J connectivity index is 1.14. The molecule has 0 saturated heterocycles. The first kappa shape index (κ1) is 41.7. The number of hydrogen-bond donors (Lipinski definition) is 0. The number of benzene rings is 11. The van der Waals surface area contributed by atoms with Gasteiger partial charge in [-0.3, -0.25) is 0 Å². The highest BCUT2D eigenvalue weighted by Gasteiger charge is 2.37. The van der Waals surface area contributed by atoms with E-state index in [0.717, 1.165) is 39.7 Å². The fourth-order valence-corrected chi connectivity index (χ4v) is 10.7. The highest BCUT2D eigenvalue weighted by molar-refractivity contribution is 5.99. The van der Waals surface area contributed by atoms with Crippen LogP contribution in [0.5, 0.6) is 0 Å². The summed E-state index contributed by atoms with van der Waals surface area (Å²) in [4.78, 5) is 4.88. The van der Waals surface area contributed by atoms with Crippen molar-refractivity contribution in [2.24, 2.45) is 0 Å². The maximum absolute atomic E-state index is 2.46. The van der Waals surface area contributed by atoms with E-state index in [1.54, 1.807) is 0 Å². The molecule has 12 rings (SSSR count). The van der Waals surface area contributed by atoms with Crippen molar-refractivity contribution in [3.63, 3.8) is 0 Å². The van der Waals surface area contributed by atoms with Crippen molar-refractivity contribution in [1.82, 2.24) is 0 Å². The minimum absolute atomic E-state index is 0.236. The minimum Gasteiger partial charge on any atom is -0.310 e. The zero-order valence-corrected chi connectivity index (χ0v) is 38.8. The van der Waals surface area contributed by atoms with Gasteiger partial charge in [0.2, 0.25) is 0 Å². The molecule has 2 nitrogen and oxygen atoms in total. The summed E-state index contributed by atoms with van der Waals surface area (Å²) in [6.45, 7) is 4.77. The molecule has 0 amide bonds. The molecule has 0 radical (unpaired) electrons. The second-order valence-electron chi connectivity index (χ2n) is 18.5. The van der Waals surface area contributed by atoms with Crippen LogP contribution in [0.15, 0.2) is 267 Å². The highest BCUT2D eigenvalue weighted by Crippen LogP contribution is 2.54. The molecule has 0 unspecified atom stereocenters. The van der Waals surface area contributed by atoms with Crippen molar-refractivity contribution in [2.45, 2.75) is 19.3 Å². The molecule has 11 aromatic carbocycles. The Morgan fingerprint density at radius 3 is 1.22 bits per heavy atom. The summed E-state index contributed by atoms with van der Waals surface area (Å²) in [5, 5.41) is 2.40. The molecule has 1 aliphatic rings. The van der Waals surface area contributed by atoms with Crippen molar-refractivity contribution in [3.8, 4) is 55.6 Å². The van der Waals surface area contributed by atoms with E-state index in [0.29, 0.717) is 0 Å². The van der Waals surface area contributed by atoms with Gasteiger partial charge in [-0.1, -0.05) is 214 Å². The molecule has 0 bridgehead atoms. The molecule has 0 aliphatic heterocycles. The van der Waals surface area contributed by atoms with Gasteiger partial charge in [0.15, 0.2) is 0 Å². The number of para-hydroxylation sites is 2. The van der Waals surface area contributed by atoms with Gasteiger partial charge in [0.05, 0.1) is 0 Å². The van der Waals surface area contributed by atoms with Gasteiger partial charge in [0.25, 0.3) is 0 Å². The van der Waals surface area contributed by atoms with E-state index in [2.05, 4.69) is 291 Å². The van der Waals surface area contributed by atoms with Crippen LogP contribution >= 0.6 is 0 Å². The van der Waals surface area contributed by atoms with Gasteiger partial charge in [-0.05, 0) is 144 Å². The summed E-state index contributed by atoms with van der Waals surface area (Å²) in [5.74, 6) is 0. The topological polar surface area (TPSA) is 6.48 Å². The van der Waals surface area contributed by atoms with Gasteiger partial charge < -0.3 is 9.80 Å². The van der Waals surface area contributed by atoms with Crippen LogP contribution < -0.4 is 9.80 Å². The van der Waals surface area contributed by atoms with Crippen molar-refractivity contribution < 1.29 is 0 Å². The molecule has 0 heterocycles. The Morgan fingerprint density at radius 1 is 0.246 bits per heavy atom. The Labute approximate surface area is 405 Å². The second kappa shape index (κ2) is 17.5. The van der Waals surface area contributed by atoms with E-state index < -0.39 is 0 Å². The Bertz CT molecular complexity index is 3560. The molecular weight excluding hydrogens is 833 g/mol. The van der Waals surface area contributed by atoms with Crippen molar-refractivity contribution in [3.05, 3.63) is 278 Å². The van der Waals surface area contributed by atoms with Crippen molar-refractivity contribution >= 4 is 44.9 Å². The second-order valence-corrected chi connectivity index (χ2v) is 18.5. The number of hydrogen-bond acceptors (Lipinski definition) is 2. The molecule has 1 aliphatic carbocycles. The third-order valence-corrected chi connectivity index (χ3v) is 14.0. The number of fused-ring (bicyclic) bond motifs is 4. The number of rotatable bonds is 10. The normalized spacial score (nSPS) is 12.3. The highest BCUT2D eigenvalue weighted by atomic mass is 15.2. The smallest absolute Gasteiger partial charge is 0.0488 e. The van der Waals surface area contributed by atoms with Crippen LogP contribution in [0.4, 0.5) is 34.1 Å². The predicted octanol–water partition coefficient (Wildman–Crippen LogP) is 18.8. The van der Waals surface area contributed by atoms with Crippen LogP contribution in [0, 0.1) is 0 Å². The largest absolute Gasteiger partial charge is 0.310 e. The lowest BCUT2D eigenvalue weighted by Crippen LogP contribution is -2.17. The zero-order valence-electron chi connectivity index (χ0n) is 38.8. The van der Waals surface area contributed by atoms with Crippen LogP contribution in [0.1, 0.15) is 25.0 Å². The van der Waals surface area contributed by atoms with Crippen LogP contribution in [-0.4, -0.2) is 0 Å². The van der Waals surface area contributed by atoms with Crippen molar-refractivity contribution in [2.75, 3.05) is 9.80 Å². The van der Waals surface area contributed by atoms with Gasteiger partial charge in [-0.15, -0.1) is 0 Å². The Morgan fingerprint density at radius 2 is 0.681 bits per heavy atom.